The van der Waals surface area contributed by atoms with Crippen LogP contribution in [0.2, 0.25) is 0 Å². The molecule has 1 heterocycles. The number of hydrogen-bond acceptors (Lipinski definition) is 2. The van der Waals surface area contributed by atoms with Gasteiger partial charge in [-0.15, -0.1) is 0 Å². The van der Waals surface area contributed by atoms with Crippen LogP contribution in [0.1, 0.15) is 31.2 Å². The zero-order valence-electron chi connectivity index (χ0n) is 11.4. The van der Waals surface area contributed by atoms with Crippen LogP contribution in [0.4, 0.5) is 0 Å². The Morgan fingerprint density at radius 3 is 2.40 bits per heavy atom. The zero-order valence-corrected chi connectivity index (χ0v) is 11.4. The van der Waals surface area contributed by atoms with Gasteiger partial charge in [-0.2, -0.15) is 0 Å². The highest BCUT2D eigenvalue weighted by Crippen LogP contribution is 2.45. The van der Waals surface area contributed by atoms with Crippen LogP contribution in [-0.4, -0.2) is 35.0 Å². The molecule has 1 atom stereocenters. The van der Waals surface area contributed by atoms with Gasteiger partial charge in [0.1, 0.15) is 0 Å². The summed E-state index contributed by atoms with van der Waals surface area (Å²) in [4.78, 5) is 25.6. The average molecular weight is 273 g/mol. The van der Waals surface area contributed by atoms with Crippen LogP contribution in [0.3, 0.4) is 0 Å². The summed E-state index contributed by atoms with van der Waals surface area (Å²) in [5.41, 5.74) is 0.685. The first kappa shape index (κ1) is 13.2. The molecule has 0 bridgehead atoms. The Labute approximate surface area is 118 Å². The highest BCUT2D eigenvalue weighted by molar-refractivity contribution is 5.90. The molecular formula is C16H19NO3. The van der Waals surface area contributed by atoms with E-state index in [1.54, 1.807) is 4.90 Å². The summed E-state index contributed by atoms with van der Waals surface area (Å²) in [6.07, 6.45) is 3.40. The lowest BCUT2D eigenvalue weighted by atomic mass is 9.63. The van der Waals surface area contributed by atoms with Crippen LogP contribution in [-0.2, 0) is 15.0 Å². The van der Waals surface area contributed by atoms with Gasteiger partial charge in [0, 0.05) is 13.1 Å². The van der Waals surface area contributed by atoms with E-state index in [-0.39, 0.29) is 5.91 Å². The summed E-state index contributed by atoms with van der Waals surface area (Å²) in [6, 6.07) is 9.92. The van der Waals surface area contributed by atoms with E-state index in [0.29, 0.717) is 19.5 Å². The van der Waals surface area contributed by atoms with E-state index in [0.717, 1.165) is 24.8 Å². The number of benzene rings is 1. The van der Waals surface area contributed by atoms with Crippen molar-refractivity contribution in [1.82, 2.24) is 4.90 Å². The topological polar surface area (TPSA) is 57.6 Å². The van der Waals surface area contributed by atoms with Crippen molar-refractivity contribution in [2.45, 2.75) is 31.1 Å². The monoisotopic (exact) mass is 273 g/mol. The third-order valence-electron chi connectivity index (χ3n) is 4.77. The molecule has 1 aliphatic carbocycles. The minimum absolute atomic E-state index is 0.124. The van der Waals surface area contributed by atoms with Crippen LogP contribution < -0.4 is 0 Å². The third-order valence-corrected chi connectivity index (χ3v) is 4.77. The molecule has 1 aromatic carbocycles. The summed E-state index contributed by atoms with van der Waals surface area (Å²) in [7, 11) is 0. The van der Waals surface area contributed by atoms with E-state index >= 15 is 0 Å². The minimum atomic E-state index is -0.789. The van der Waals surface area contributed by atoms with E-state index in [9.17, 15) is 9.59 Å². The Morgan fingerprint density at radius 1 is 1.20 bits per heavy atom. The number of amides is 1. The van der Waals surface area contributed by atoms with E-state index < -0.39 is 17.3 Å². The number of hydrogen-bond donors (Lipinski definition) is 1. The quantitative estimate of drug-likeness (QED) is 0.917. The van der Waals surface area contributed by atoms with E-state index in [4.69, 9.17) is 5.11 Å². The summed E-state index contributed by atoms with van der Waals surface area (Å²) in [5.74, 6) is -1.06. The van der Waals surface area contributed by atoms with Gasteiger partial charge >= 0.3 is 5.97 Å². The molecule has 3 rings (SSSR count). The van der Waals surface area contributed by atoms with Crippen molar-refractivity contribution in [2.24, 2.45) is 5.92 Å². The normalized spacial score (nSPS) is 24.2. The first-order valence-electron chi connectivity index (χ1n) is 7.21. The molecule has 4 heteroatoms. The van der Waals surface area contributed by atoms with Crippen molar-refractivity contribution in [2.75, 3.05) is 13.1 Å². The first-order valence-corrected chi connectivity index (χ1v) is 7.21. The lowest BCUT2D eigenvalue weighted by molar-refractivity contribution is -0.142. The number of carbonyl (C=O) groups excluding carboxylic acids is 1. The second-order valence-electron chi connectivity index (χ2n) is 5.88. The van der Waals surface area contributed by atoms with Crippen LogP contribution >= 0.6 is 0 Å². The Morgan fingerprint density at radius 2 is 1.90 bits per heavy atom. The van der Waals surface area contributed by atoms with Gasteiger partial charge in [-0.25, -0.2) is 0 Å². The fourth-order valence-electron chi connectivity index (χ4n) is 3.36. The largest absolute Gasteiger partial charge is 0.481 e. The summed E-state index contributed by atoms with van der Waals surface area (Å²) in [5, 5.41) is 9.07. The number of carboxylic acid groups (broad SMARTS) is 1. The lowest BCUT2D eigenvalue weighted by Gasteiger charge is -2.43. The fourth-order valence-corrected chi connectivity index (χ4v) is 3.36. The molecule has 0 spiro atoms. The highest BCUT2D eigenvalue weighted by atomic mass is 16.4. The molecule has 1 N–H and O–H groups in total. The maximum atomic E-state index is 12.9. The summed E-state index contributed by atoms with van der Waals surface area (Å²) in [6.45, 7) is 0.938. The average Bonchev–Trinajstić information content (AvgIpc) is 2.88. The number of carboxylic acids is 1. The molecule has 1 unspecified atom stereocenters. The predicted molar refractivity (Wildman–Crippen MR) is 74.3 cm³/mol. The van der Waals surface area contributed by atoms with Crippen LogP contribution in [0, 0.1) is 5.92 Å². The van der Waals surface area contributed by atoms with Crippen molar-refractivity contribution < 1.29 is 14.7 Å². The van der Waals surface area contributed by atoms with Crippen LogP contribution in [0.15, 0.2) is 30.3 Å². The van der Waals surface area contributed by atoms with Gasteiger partial charge in [0.2, 0.25) is 5.91 Å². The van der Waals surface area contributed by atoms with Crippen molar-refractivity contribution in [3.05, 3.63) is 35.9 Å². The third kappa shape index (κ3) is 1.99. The number of nitrogens with zero attached hydrogens (tertiary/aromatic N) is 1. The molecule has 1 saturated heterocycles. The van der Waals surface area contributed by atoms with Gasteiger partial charge in [-0.05, 0) is 24.8 Å². The molecule has 2 aliphatic rings. The minimum Gasteiger partial charge on any atom is -0.481 e. The number of rotatable bonds is 3. The standard InChI is InChI=1S/C16H19NO3/c18-14(19)12-7-10-17(11-12)15(20)16(8-4-9-16)13-5-2-1-3-6-13/h1-3,5-6,12H,4,7-11H2,(H,18,19). The van der Waals surface area contributed by atoms with Crippen molar-refractivity contribution in [1.29, 1.82) is 0 Å². The van der Waals surface area contributed by atoms with Gasteiger partial charge in [-0.3, -0.25) is 9.59 Å². The summed E-state index contributed by atoms with van der Waals surface area (Å²) < 4.78 is 0. The molecule has 1 aliphatic heterocycles. The SMILES string of the molecule is O=C(O)C1CCN(C(=O)C2(c3ccccc3)CCC2)C1. The van der Waals surface area contributed by atoms with Gasteiger partial charge in [0.05, 0.1) is 11.3 Å². The molecule has 0 aromatic heterocycles. The maximum Gasteiger partial charge on any atom is 0.308 e. The Bertz CT molecular complexity index is 522. The smallest absolute Gasteiger partial charge is 0.308 e. The van der Waals surface area contributed by atoms with Crippen LogP contribution in [0.5, 0.6) is 0 Å². The molecule has 106 valence electrons. The second kappa shape index (κ2) is 4.93. The number of aliphatic carboxylic acids is 1. The molecular weight excluding hydrogens is 254 g/mol. The maximum absolute atomic E-state index is 12.9. The number of carbonyl (C=O) groups is 2. The summed E-state index contributed by atoms with van der Waals surface area (Å²) >= 11 is 0. The fraction of sp³-hybridized carbons (Fsp3) is 0.500. The van der Waals surface area contributed by atoms with E-state index in [1.807, 2.05) is 30.3 Å². The molecule has 4 nitrogen and oxygen atoms in total. The van der Waals surface area contributed by atoms with Crippen molar-refractivity contribution >= 4 is 11.9 Å². The predicted octanol–water partition coefficient (Wildman–Crippen LogP) is 2.04. The zero-order chi connectivity index (χ0) is 14.2. The van der Waals surface area contributed by atoms with E-state index in [1.165, 1.54) is 0 Å². The Balaban J connectivity index is 1.81. The Hall–Kier alpha value is -1.84. The molecule has 1 saturated carbocycles. The van der Waals surface area contributed by atoms with Gasteiger partial charge in [0.15, 0.2) is 0 Å². The first-order chi connectivity index (χ1) is 9.63. The molecule has 1 aromatic rings. The Kier molecular flexibility index (Phi) is 3.24. The molecule has 20 heavy (non-hydrogen) atoms. The van der Waals surface area contributed by atoms with Gasteiger partial charge < -0.3 is 10.0 Å². The molecule has 2 fully saturated rings. The number of likely N-dealkylation sites (tertiary alicyclic amines) is 1. The van der Waals surface area contributed by atoms with Crippen LogP contribution in [0.25, 0.3) is 0 Å². The van der Waals surface area contributed by atoms with Crippen molar-refractivity contribution in [3.63, 3.8) is 0 Å². The van der Waals surface area contributed by atoms with Crippen molar-refractivity contribution in [3.8, 4) is 0 Å². The highest BCUT2D eigenvalue weighted by Gasteiger charge is 2.49. The van der Waals surface area contributed by atoms with E-state index in [2.05, 4.69) is 0 Å². The van der Waals surface area contributed by atoms with Gasteiger partial charge in [-0.1, -0.05) is 36.8 Å². The lowest BCUT2D eigenvalue weighted by Crippen LogP contribution is -2.50. The second-order valence-corrected chi connectivity index (χ2v) is 5.88. The molecule has 0 radical (unpaired) electrons. The van der Waals surface area contributed by atoms with Gasteiger partial charge in [0.25, 0.3) is 0 Å². The molecule has 1 amide bonds.